The van der Waals surface area contributed by atoms with Gasteiger partial charge in [0.2, 0.25) is 5.91 Å². The first-order chi connectivity index (χ1) is 9.56. The molecule has 20 heavy (non-hydrogen) atoms. The summed E-state index contributed by atoms with van der Waals surface area (Å²) in [6.45, 7) is 3.91. The van der Waals surface area contributed by atoms with Crippen LogP contribution in [-0.4, -0.2) is 20.5 Å². The second-order valence-electron chi connectivity index (χ2n) is 4.39. The van der Waals surface area contributed by atoms with E-state index < -0.39 is 16.0 Å². The second-order valence-corrected chi connectivity index (χ2v) is 7.18. The summed E-state index contributed by atoms with van der Waals surface area (Å²) in [5, 5.41) is 7.95. The minimum atomic E-state index is -1.31. The molecule has 0 aromatic carbocycles. The molecule has 0 radical (unpaired) electrons. The zero-order chi connectivity index (χ0) is 14.5. The van der Waals surface area contributed by atoms with Crippen molar-refractivity contribution in [3.63, 3.8) is 0 Å². The number of hydrogen-bond donors (Lipinski definition) is 1. The van der Waals surface area contributed by atoms with Gasteiger partial charge in [-0.3, -0.25) is 9.00 Å². The van der Waals surface area contributed by atoms with Gasteiger partial charge in [-0.05, 0) is 25.3 Å². The molecule has 1 N–H and O–H groups in total. The van der Waals surface area contributed by atoms with E-state index in [1.807, 2.05) is 17.5 Å². The van der Waals surface area contributed by atoms with Gasteiger partial charge >= 0.3 is 0 Å². The van der Waals surface area contributed by atoms with Gasteiger partial charge in [0.05, 0.1) is 18.0 Å². The zero-order valence-corrected chi connectivity index (χ0v) is 12.9. The summed E-state index contributed by atoms with van der Waals surface area (Å²) in [5.41, 5.74) is 0.610. The van der Waals surface area contributed by atoms with Gasteiger partial charge in [0.15, 0.2) is 0 Å². The number of aromatic nitrogens is 1. The van der Waals surface area contributed by atoms with E-state index in [4.69, 9.17) is 4.52 Å². The lowest BCUT2D eigenvalue weighted by Gasteiger charge is -2.10. The van der Waals surface area contributed by atoms with Gasteiger partial charge < -0.3 is 9.84 Å². The van der Waals surface area contributed by atoms with E-state index in [1.165, 1.54) is 0 Å². The first-order valence-electron chi connectivity index (χ1n) is 6.15. The number of amides is 1. The Morgan fingerprint density at radius 3 is 3.00 bits per heavy atom. The van der Waals surface area contributed by atoms with Crippen LogP contribution in [0.15, 0.2) is 28.1 Å². The fourth-order valence-electron chi connectivity index (χ4n) is 1.61. The summed E-state index contributed by atoms with van der Waals surface area (Å²) in [6.07, 6.45) is 0. The van der Waals surface area contributed by atoms with Gasteiger partial charge in [-0.15, -0.1) is 11.3 Å². The second kappa shape index (κ2) is 6.81. The molecule has 0 fully saturated rings. The average Bonchev–Trinajstić information content (AvgIpc) is 3.06. The van der Waals surface area contributed by atoms with Crippen molar-refractivity contribution < 1.29 is 13.5 Å². The van der Waals surface area contributed by atoms with Crippen LogP contribution in [0.2, 0.25) is 0 Å². The first kappa shape index (κ1) is 14.9. The molecule has 108 valence electrons. The maximum absolute atomic E-state index is 12.1. The molecule has 5 nitrogen and oxygen atoms in total. The Hall–Kier alpha value is -1.47. The molecule has 7 heteroatoms. The lowest BCUT2D eigenvalue weighted by molar-refractivity contribution is -0.120. The lowest BCUT2D eigenvalue weighted by Crippen LogP contribution is -2.35. The van der Waals surface area contributed by atoms with E-state index in [1.54, 1.807) is 31.3 Å². The Kier molecular flexibility index (Phi) is 5.08. The molecule has 1 amide bonds. The van der Waals surface area contributed by atoms with Gasteiger partial charge in [-0.2, -0.15) is 0 Å². The standard InChI is InChI=1S/C13H16N2O3S2/c1-9-6-11(15-18-9)8-20(17)10(2)13(16)14-7-12-4-3-5-19-12/h3-6,10H,7-8H2,1-2H3,(H,14,16)/t10-,20-/m0/s1. The van der Waals surface area contributed by atoms with Crippen LogP contribution < -0.4 is 5.32 Å². The molecule has 0 saturated heterocycles. The van der Waals surface area contributed by atoms with Crippen LogP contribution in [0.25, 0.3) is 0 Å². The summed E-state index contributed by atoms with van der Waals surface area (Å²) in [5.74, 6) is 0.689. The Morgan fingerprint density at radius 2 is 2.40 bits per heavy atom. The van der Waals surface area contributed by atoms with E-state index in [0.29, 0.717) is 18.0 Å². The highest BCUT2D eigenvalue weighted by Crippen LogP contribution is 2.10. The van der Waals surface area contributed by atoms with E-state index in [9.17, 15) is 9.00 Å². The fraction of sp³-hybridized carbons (Fsp3) is 0.385. The SMILES string of the molecule is Cc1cc(C[S@](=O)[C@@H](C)C(=O)NCc2cccs2)no1. The highest BCUT2D eigenvalue weighted by Gasteiger charge is 2.21. The summed E-state index contributed by atoms with van der Waals surface area (Å²) < 4.78 is 17.0. The van der Waals surface area contributed by atoms with E-state index in [0.717, 1.165) is 4.88 Å². The maximum atomic E-state index is 12.1. The molecule has 0 aliphatic rings. The summed E-state index contributed by atoms with van der Waals surface area (Å²) in [6, 6.07) is 5.61. The third kappa shape index (κ3) is 4.01. The number of nitrogens with one attached hydrogen (secondary N) is 1. The number of aryl methyl sites for hydroxylation is 1. The van der Waals surface area contributed by atoms with Gasteiger partial charge in [0.25, 0.3) is 0 Å². The van der Waals surface area contributed by atoms with Gasteiger partial charge in [0, 0.05) is 21.7 Å². The van der Waals surface area contributed by atoms with E-state index in [-0.39, 0.29) is 11.7 Å². The highest BCUT2D eigenvalue weighted by atomic mass is 32.2. The Bertz CT molecular complexity index is 593. The highest BCUT2D eigenvalue weighted by molar-refractivity contribution is 7.85. The van der Waals surface area contributed by atoms with Crippen molar-refractivity contribution in [1.82, 2.24) is 10.5 Å². The molecule has 2 heterocycles. The van der Waals surface area contributed by atoms with Crippen LogP contribution in [0.1, 0.15) is 23.3 Å². The van der Waals surface area contributed by atoms with Crippen molar-refractivity contribution in [2.24, 2.45) is 0 Å². The van der Waals surface area contributed by atoms with E-state index >= 15 is 0 Å². The minimum absolute atomic E-state index is 0.211. The molecule has 2 rings (SSSR count). The van der Waals surface area contributed by atoms with Gasteiger partial charge in [-0.1, -0.05) is 11.2 Å². The lowest BCUT2D eigenvalue weighted by atomic mass is 10.4. The molecule has 2 atom stereocenters. The van der Waals surface area contributed by atoms with Crippen LogP contribution in [0.5, 0.6) is 0 Å². The van der Waals surface area contributed by atoms with Crippen LogP contribution in [0.4, 0.5) is 0 Å². The molecule has 0 saturated carbocycles. The molecular formula is C13H16N2O3S2. The molecule has 2 aromatic heterocycles. The van der Waals surface area contributed by atoms with Crippen LogP contribution >= 0.6 is 11.3 Å². The smallest absolute Gasteiger partial charge is 0.235 e. The molecular weight excluding hydrogens is 296 g/mol. The van der Waals surface area contributed by atoms with Crippen molar-refractivity contribution in [3.8, 4) is 0 Å². The maximum Gasteiger partial charge on any atom is 0.235 e. The van der Waals surface area contributed by atoms with Crippen LogP contribution in [-0.2, 0) is 27.9 Å². The normalized spacial score (nSPS) is 13.9. The Morgan fingerprint density at radius 1 is 1.60 bits per heavy atom. The van der Waals surface area contributed by atoms with Crippen molar-refractivity contribution in [2.45, 2.75) is 31.4 Å². The third-order valence-electron chi connectivity index (χ3n) is 2.75. The zero-order valence-electron chi connectivity index (χ0n) is 11.3. The average molecular weight is 312 g/mol. The Labute approximate surface area is 123 Å². The molecule has 0 spiro atoms. The molecule has 0 bridgehead atoms. The number of rotatable bonds is 6. The van der Waals surface area contributed by atoms with Gasteiger partial charge in [0.1, 0.15) is 11.0 Å². The van der Waals surface area contributed by atoms with Crippen LogP contribution in [0.3, 0.4) is 0 Å². The first-order valence-corrected chi connectivity index (χ1v) is 8.42. The van der Waals surface area contributed by atoms with Crippen molar-refractivity contribution >= 4 is 28.0 Å². The largest absolute Gasteiger partial charge is 0.361 e. The Balaban J connectivity index is 1.84. The van der Waals surface area contributed by atoms with Crippen molar-refractivity contribution in [2.75, 3.05) is 0 Å². The number of hydrogen-bond acceptors (Lipinski definition) is 5. The molecule has 2 aromatic rings. The monoisotopic (exact) mass is 312 g/mol. The molecule has 0 aliphatic heterocycles. The minimum Gasteiger partial charge on any atom is -0.361 e. The summed E-state index contributed by atoms with van der Waals surface area (Å²) in [7, 11) is -1.31. The fourth-order valence-corrected chi connectivity index (χ4v) is 3.25. The van der Waals surface area contributed by atoms with Crippen molar-refractivity contribution in [3.05, 3.63) is 39.9 Å². The predicted molar refractivity (Wildman–Crippen MR) is 78.7 cm³/mol. The quantitative estimate of drug-likeness (QED) is 0.885. The topological polar surface area (TPSA) is 72.2 Å². The number of nitrogens with zero attached hydrogens (tertiary/aromatic N) is 1. The number of carbonyl (C=O) groups excluding carboxylic acids is 1. The van der Waals surface area contributed by atoms with Crippen LogP contribution in [0, 0.1) is 6.92 Å². The summed E-state index contributed by atoms with van der Waals surface area (Å²) in [4.78, 5) is 13.0. The number of thiophene rings is 1. The van der Waals surface area contributed by atoms with Gasteiger partial charge in [-0.25, -0.2) is 0 Å². The predicted octanol–water partition coefficient (Wildman–Crippen LogP) is 2.00. The summed E-state index contributed by atoms with van der Waals surface area (Å²) >= 11 is 1.58. The molecule has 0 aliphatic carbocycles. The molecule has 0 unspecified atom stereocenters. The third-order valence-corrected chi connectivity index (χ3v) is 5.21. The van der Waals surface area contributed by atoms with E-state index in [2.05, 4.69) is 10.5 Å². The number of carbonyl (C=O) groups is 1. The van der Waals surface area contributed by atoms with Crippen molar-refractivity contribution in [1.29, 1.82) is 0 Å².